The Hall–Kier alpha value is -1.06. The van der Waals surface area contributed by atoms with Crippen molar-refractivity contribution in [3.8, 4) is 5.75 Å². The van der Waals surface area contributed by atoms with Crippen LogP contribution in [-0.2, 0) is 4.74 Å². The minimum atomic E-state index is 0.688. The van der Waals surface area contributed by atoms with Crippen LogP contribution in [0.5, 0.6) is 5.75 Å². The van der Waals surface area contributed by atoms with Gasteiger partial charge in [0.25, 0.3) is 0 Å². The Kier molecular flexibility index (Phi) is 5.90. The smallest absolute Gasteiger partial charge is 0.146 e. The quantitative estimate of drug-likeness (QED) is 0.784. The van der Waals surface area contributed by atoms with E-state index in [1.54, 1.807) is 12.1 Å². The molecule has 3 heteroatoms. The molecular formula is C13H21NO2. The summed E-state index contributed by atoms with van der Waals surface area (Å²) in [6, 6.07) is 9.22. The van der Waals surface area contributed by atoms with E-state index >= 15 is 0 Å². The van der Waals surface area contributed by atoms with Crippen molar-refractivity contribution in [1.82, 2.24) is 0 Å². The summed E-state index contributed by atoms with van der Waals surface area (Å²) in [6.45, 7) is 6.51. The van der Waals surface area contributed by atoms with Gasteiger partial charge in [0.2, 0.25) is 0 Å². The van der Waals surface area contributed by atoms with E-state index in [9.17, 15) is 0 Å². The van der Waals surface area contributed by atoms with Crippen LogP contribution in [-0.4, -0.2) is 13.2 Å². The predicted octanol–water partition coefficient (Wildman–Crippen LogP) is 2.62. The number of ether oxygens (including phenoxy) is 1. The van der Waals surface area contributed by atoms with Crippen LogP contribution in [0.3, 0.4) is 0 Å². The second-order valence-electron chi connectivity index (χ2n) is 4.30. The lowest BCUT2D eigenvalue weighted by atomic mass is 9.96. The fourth-order valence-electron chi connectivity index (χ4n) is 1.58. The zero-order chi connectivity index (χ0) is 11.8. The third-order valence-electron chi connectivity index (χ3n) is 2.79. The molecule has 0 radical (unpaired) electrons. The molecule has 2 N–H and O–H groups in total. The summed E-state index contributed by atoms with van der Waals surface area (Å²) in [7, 11) is 0. The molecule has 1 unspecified atom stereocenters. The molecule has 1 saturated heterocycles. The normalized spacial score (nSPS) is 19.1. The van der Waals surface area contributed by atoms with E-state index in [2.05, 4.69) is 18.7 Å². The van der Waals surface area contributed by atoms with Gasteiger partial charge in [-0.25, -0.2) is 0 Å². The minimum absolute atomic E-state index is 0.688. The second kappa shape index (κ2) is 7.25. The van der Waals surface area contributed by atoms with E-state index in [0.717, 1.165) is 25.0 Å². The lowest BCUT2D eigenvalue weighted by Gasteiger charge is -2.09. The molecule has 1 fully saturated rings. The van der Waals surface area contributed by atoms with Crippen LogP contribution in [0.15, 0.2) is 30.3 Å². The van der Waals surface area contributed by atoms with Gasteiger partial charge in [-0.2, -0.15) is 5.90 Å². The van der Waals surface area contributed by atoms with E-state index in [4.69, 9.17) is 10.6 Å². The first kappa shape index (κ1) is 13.0. The number of hydrogen-bond donors (Lipinski definition) is 1. The van der Waals surface area contributed by atoms with Crippen LogP contribution in [0.25, 0.3) is 0 Å². The van der Waals surface area contributed by atoms with Crippen molar-refractivity contribution in [3.63, 3.8) is 0 Å². The van der Waals surface area contributed by atoms with Gasteiger partial charge in [-0.3, -0.25) is 0 Å². The Balaban J connectivity index is 0.000000160. The molecule has 1 heterocycles. The van der Waals surface area contributed by atoms with Gasteiger partial charge < -0.3 is 9.57 Å². The first-order valence-corrected chi connectivity index (χ1v) is 5.73. The first-order chi connectivity index (χ1) is 7.74. The predicted molar refractivity (Wildman–Crippen MR) is 65.0 cm³/mol. The van der Waals surface area contributed by atoms with Crippen LogP contribution in [0, 0.1) is 11.8 Å². The van der Waals surface area contributed by atoms with Gasteiger partial charge in [-0.1, -0.05) is 32.0 Å². The number of nitrogens with two attached hydrogens (primary N) is 1. The molecule has 0 aromatic heterocycles. The highest BCUT2D eigenvalue weighted by molar-refractivity contribution is 5.20. The van der Waals surface area contributed by atoms with Gasteiger partial charge in [-0.05, 0) is 30.4 Å². The number of para-hydroxylation sites is 1. The van der Waals surface area contributed by atoms with Crippen LogP contribution in [0.1, 0.15) is 20.3 Å². The van der Waals surface area contributed by atoms with E-state index < -0.39 is 0 Å². The van der Waals surface area contributed by atoms with Gasteiger partial charge in [0.05, 0.1) is 0 Å². The summed E-state index contributed by atoms with van der Waals surface area (Å²) in [4.78, 5) is 4.41. The topological polar surface area (TPSA) is 44.5 Å². The average Bonchev–Trinajstić information content (AvgIpc) is 2.85. The van der Waals surface area contributed by atoms with Gasteiger partial charge in [-0.15, -0.1) is 0 Å². The number of benzene rings is 1. The second-order valence-corrected chi connectivity index (χ2v) is 4.30. The molecule has 0 aliphatic carbocycles. The molecule has 0 amide bonds. The molecule has 1 aliphatic rings. The van der Waals surface area contributed by atoms with Crippen molar-refractivity contribution in [1.29, 1.82) is 0 Å². The molecule has 1 aliphatic heterocycles. The summed E-state index contributed by atoms with van der Waals surface area (Å²) in [6.07, 6.45) is 1.28. The van der Waals surface area contributed by atoms with Crippen LogP contribution < -0.4 is 10.7 Å². The standard InChI is InChI=1S/C7H14O.C6H7NO/c1-6(2)7-3-4-8-5-7;7-8-6-4-2-1-3-5-6/h6-7H,3-5H2,1-2H3;1-5H,7H2. The third-order valence-corrected chi connectivity index (χ3v) is 2.79. The van der Waals surface area contributed by atoms with Gasteiger partial charge >= 0.3 is 0 Å². The monoisotopic (exact) mass is 223 g/mol. The van der Waals surface area contributed by atoms with Gasteiger partial charge in [0.1, 0.15) is 5.75 Å². The van der Waals surface area contributed by atoms with Crippen molar-refractivity contribution in [3.05, 3.63) is 30.3 Å². The van der Waals surface area contributed by atoms with Crippen LogP contribution >= 0.6 is 0 Å². The van der Waals surface area contributed by atoms with Crippen molar-refractivity contribution in [2.75, 3.05) is 13.2 Å². The van der Waals surface area contributed by atoms with E-state index in [1.165, 1.54) is 6.42 Å². The molecule has 2 rings (SSSR count). The Bertz CT molecular complexity index is 269. The molecule has 16 heavy (non-hydrogen) atoms. The molecule has 0 saturated carbocycles. The van der Waals surface area contributed by atoms with Gasteiger partial charge in [0.15, 0.2) is 0 Å². The SMILES string of the molecule is CC(C)C1CCOC1.NOc1ccccc1. The zero-order valence-electron chi connectivity index (χ0n) is 10.1. The number of hydrogen-bond acceptors (Lipinski definition) is 3. The Labute approximate surface area is 97.5 Å². The number of rotatable bonds is 2. The van der Waals surface area contributed by atoms with Crippen molar-refractivity contribution >= 4 is 0 Å². The third kappa shape index (κ3) is 4.64. The van der Waals surface area contributed by atoms with Crippen molar-refractivity contribution in [2.45, 2.75) is 20.3 Å². The molecule has 0 bridgehead atoms. The summed E-state index contributed by atoms with van der Waals surface area (Å²) in [5, 5.41) is 0. The molecule has 90 valence electrons. The largest absolute Gasteiger partial charge is 0.412 e. The van der Waals surface area contributed by atoms with Crippen LogP contribution in [0.2, 0.25) is 0 Å². The van der Waals surface area contributed by atoms with Gasteiger partial charge in [0, 0.05) is 13.2 Å². The average molecular weight is 223 g/mol. The first-order valence-electron chi connectivity index (χ1n) is 5.73. The molecule has 1 atom stereocenters. The van der Waals surface area contributed by atoms with E-state index in [0.29, 0.717) is 5.75 Å². The summed E-state index contributed by atoms with van der Waals surface area (Å²) in [5.74, 6) is 7.20. The maximum atomic E-state index is 5.22. The molecular weight excluding hydrogens is 202 g/mol. The maximum Gasteiger partial charge on any atom is 0.146 e. The van der Waals surface area contributed by atoms with Crippen molar-refractivity contribution < 1.29 is 9.57 Å². The Morgan fingerprint density at radius 1 is 1.31 bits per heavy atom. The Morgan fingerprint density at radius 3 is 2.31 bits per heavy atom. The molecule has 0 spiro atoms. The maximum absolute atomic E-state index is 5.22. The van der Waals surface area contributed by atoms with E-state index in [-0.39, 0.29) is 0 Å². The molecule has 3 nitrogen and oxygen atoms in total. The van der Waals surface area contributed by atoms with Crippen molar-refractivity contribution in [2.24, 2.45) is 17.7 Å². The highest BCUT2D eigenvalue weighted by Crippen LogP contribution is 2.20. The molecule has 1 aromatic rings. The fourth-order valence-corrected chi connectivity index (χ4v) is 1.58. The Morgan fingerprint density at radius 2 is 2.00 bits per heavy atom. The highest BCUT2D eigenvalue weighted by Gasteiger charge is 2.18. The summed E-state index contributed by atoms with van der Waals surface area (Å²) < 4.78 is 5.22. The summed E-state index contributed by atoms with van der Waals surface area (Å²) >= 11 is 0. The van der Waals surface area contributed by atoms with E-state index in [1.807, 2.05) is 18.2 Å². The lowest BCUT2D eigenvalue weighted by Crippen LogP contribution is -2.06. The minimum Gasteiger partial charge on any atom is -0.412 e. The highest BCUT2D eigenvalue weighted by atomic mass is 16.6. The fraction of sp³-hybridized carbons (Fsp3) is 0.538. The molecule has 1 aromatic carbocycles. The zero-order valence-corrected chi connectivity index (χ0v) is 10.1. The van der Waals surface area contributed by atoms with Crippen LogP contribution in [0.4, 0.5) is 0 Å². The lowest BCUT2D eigenvalue weighted by molar-refractivity contribution is 0.177. The summed E-state index contributed by atoms with van der Waals surface area (Å²) in [5.41, 5.74) is 0.